The number of Topliss-reactive ketones (excluding diaryl/α,β-unsaturated/α-hetero) is 1. The van der Waals surface area contributed by atoms with Crippen LogP contribution in [0.4, 0.5) is 0 Å². The zero-order valence-corrected chi connectivity index (χ0v) is 8.08. The second kappa shape index (κ2) is 2.47. The van der Waals surface area contributed by atoms with Gasteiger partial charge in [0.05, 0.1) is 5.52 Å². The van der Waals surface area contributed by atoms with Crippen molar-refractivity contribution >= 4 is 16.7 Å². The van der Waals surface area contributed by atoms with E-state index in [4.69, 9.17) is 0 Å². The lowest BCUT2D eigenvalue weighted by atomic mass is 10.00. The van der Waals surface area contributed by atoms with Gasteiger partial charge in [-0.15, -0.1) is 0 Å². The van der Waals surface area contributed by atoms with Crippen LogP contribution in [-0.4, -0.2) is 10.4 Å². The van der Waals surface area contributed by atoms with Crippen LogP contribution in [0.5, 0.6) is 0 Å². The molecule has 0 N–H and O–H groups in total. The second-order valence-corrected chi connectivity index (χ2v) is 3.93. The summed E-state index contributed by atoms with van der Waals surface area (Å²) < 4.78 is 2.17. The Bertz CT molecular complexity index is 536. The van der Waals surface area contributed by atoms with Crippen molar-refractivity contribution < 1.29 is 4.79 Å². The summed E-state index contributed by atoms with van der Waals surface area (Å²) in [6, 6.07) is 6.22. The molecule has 14 heavy (non-hydrogen) atoms. The summed E-state index contributed by atoms with van der Waals surface area (Å²) in [5.41, 5.74) is 3.18. The molecule has 2 aromatic rings. The molecule has 0 saturated heterocycles. The number of hydrogen-bond acceptors (Lipinski definition) is 1. The van der Waals surface area contributed by atoms with Crippen molar-refractivity contribution in [3.8, 4) is 0 Å². The van der Waals surface area contributed by atoms with Gasteiger partial charge in [0.25, 0.3) is 0 Å². The Balaban J connectivity index is 2.50. The van der Waals surface area contributed by atoms with Gasteiger partial charge in [-0.05, 0) is 30.7 Å². The maximum absolute atomic E-state index is 11.7. The van der Waals surface area contributed by atoms with Gasteiger partial charge in [0.15, 0.2) is 5.78 Å². The molecule has 0 fully saturated rings. The molecule has 3 rings (SSSR count). The molecule has 0 unspecified atom stereocenters. The predicted octanol–water partition coefficient (Wildman–Crippen LogP) is 2.54. The summed E-state index contributed by atoms with van der Waals surface area (Å²) in [5, 5.41) is 1.19. The average Bonchev–Trinajstić information content (AvgIpc) is 2.55. The lowest BCUT2D eigenvalue weighted by Gasteiger charge is -2.15. The SMILES string of the molecule is Cc1cc2c3c(ccn3CCC2=O)c1. The van der Waals surface area contributed by atoms with Gasteiger partial charge >= 0.3 is 0 Å². The number of carbonyl (C=O) groups excluding carboxylic acids is 1. The van der Waals surface area contributed by atoms with Crippen LogP contribution >= 0.6 is 0 Å². The van der Waals surface area contributed by atoms with Gasteiger partial charge in [-0.1, -0.05) is 0 Å². The zero-order valence-electron chi connectivity index (χ0n) is 8.08. The van der Waals surface area contributed by atoms with Crippen molar-refractivity contribution in [1.82, 2.24) is 4.57 Å². The van der Waals surface area contributed by atoms with Gasteiger partial charge < -0.3 is 4.57 Å². The molecule has 0 bridgehead atoms. The fraction of sp³-hybridized carbons (Fsp3) is 0.250. The van der Waals surface area contributed by atoms with E-state index in [9.17, 15) is 4.79 Å². The quantitative estimate of drug-likeness (QED) is 0.618. The van der Waals surface area contributed by atoms with Gasteiger partial charge in [-0.25, -0.2) is 0 Å². The molecule has 0 atom stereocenters. The highest BCUT2D eigenvalue weighted by Gasteiger charge is 2.18. The molecule has 0 saturated carbocycles. The highest BCUT2D eigenvalue weighted by molar-refractivity contribution is 6.08. The first-order valence-electron chi connectivity index (χ1n) is 4.88. The standard InChI is InChI=1S/C12H11NO/c1-8-6-9-2-4-13-5-3-11(14)10(7-8)12(9)13/h2,4,6-7H,3,5H2,1H3. The summed E-state index contributed by atoms with van der Waals surface area (Å²) >= 11 is 0. The van der Waals surface area contributed by atoms with Crippen molar-refractivity contribution in [2.24, 2.45) is 0 Å². The van der Waals surface area contributed by atoms with Crippen molar-refractivity contribution in [1.29, 1.82) is 0 Å². The fourth-order valence-electron chi connectivity index (χ4n) is 2.25. The first kappa shape index (κ1) is 7.80. The highest BCUT2D eigenvalue weighted by Crippen LogP contribution is 2.27. The first-order valence-corrected chi connectivity index (χ1v) is 4.88. The van der Waals surface area contributed by atoms with E-state index in [0.29, 0.717) is 6.42 Å². The molecule has 0 aliphatic carbocycles. The number of carbonyl (C=O) groups is 1. The Labute approximate surface area is 82.1 Å². The molecule has 2 nitrogen and oxygen atoms in total. The number of benzene rings is 1. The molecule has 1 aliphatic rings. The van der Waals surface area contributed by atoms with Crippen molar-refractivity contribution in [3.63, 3.8) is 0 Å². The normalized spacial score (nSPS) is 15.1. The van der Waals surface area contributed by atoms with Gasteiger partial charge in [-0.2, -0.15) is 0 Å². The molecule has 2 heterocycles. The Morgan fingerprint density at radius 1 is 1.36 bits per heavy atom. The molecule has 0 amide bonds. The number of aromatic nitrogens is 1. The van der Waals surface area contributed by atoms with Crippen LogP contribution in [-0.2, 0) is 6.54 Å². The molecule has 0 radical (unpaired) electrons. The van der Waals surface area contributed by atoms with Crippen LogP contribution < -0.4 is 0 Å². The lowest BCUT2D eigenvalue weighted by Crippen LogP contribution is -2.13. The number of rotatable bonds is 0. The first-order chi connectivity index (χ1) is 6.75. The Hall–Kier alpha value is -1.57. The van der Waals surface area contributed by atoms with E-state index in [2.05, 4.69) is 22.9 Å². The zero-order chi connectivity index (χ0) is 9.71. The van der Waals surface area contributed by atoms with Gasteiger partial charge in [0.2, 0.25) is 0 Å². The number of hydrogen-bond donors (Lipinski definition) is 0. The molecule has 70 valence electrons. The van der Waals surface area contributed by atoms with Crippen molar-refractivity contribution in [3.05, 3.63) is 35.5 Å². The van der Waals surface area contributed by atoms with Gasteiger partial charge in [0, 0.05) is 30.1 Å². The topological polar surface area (TPSA) is 22.0 Å². The Kier molecular flexibility index (Phi) is 1.38. The second-order valence-electron chi connectivity index (χ2n) is 3.93. The van der Waals surface area contributed by atoms with E-state index in [0.717, 1.165) is 17.6 Å². The highest BCUT2D eigenvalue weighted by atomic mass is 16.1. The van der Waals surface area contributed by atoms with E-state index in [1.54, 1.807) is 0 Å². The number of nitrogens with zero attached hydrogens (tertiary/aromatic N) is 1. The molecule has 1 aliphatic heterocycles. The monoisotopic (exact) mass is 185 g/mol. The van der Waals surface area contributed by atoms with Crippen molar-refractivity contribution in [2.45, 2.75) is 19.9 Å². The smallest absolute Gasteiger partial charge is 0.166 e. The average molecular weight is 185 g/mol. The lowest BCUT2D eigenvalue weighted by molar-refractivity contribution is 0.0973. The van der Waals surface area contributed by atoms with E-state index >= 15 is 0 Å². The predicted molar refractivity (Wildman–Crippen MR) is 55.6 cm³/mol. The van der Waals surface area contributed by atoms with Crippen LogP contribution in [0.15, 0.2) is 24.4 Å². The van der Waals surface area contributed by atoms with Crippen LogP contribution in [0, 0.1) is 6.92 Å². The number of aryl methyl sites for hydroxylation is 2. The van der Waals surface area contributed by atoms with Crippen molar-refractivity contribution in [2.75, 3.05) is 0 Å². The fourth-order valence-corrected chi connectivity index (χ4v) is 2.25. The van der Waals surface area contributed by atoms with Gasteiger partial charge in [0.1, 0.15) is 0 Å². The summed E-state index contributed by atoms with van der Waals surface area (Å²) in [7, 11) is 0. The van der Waals surface area contributed by atoms with E-state index in [-0.39, 0.29) is 5.78 Å². The number of ketones is 1. The molecular formula is C12H11NO. The third kappa shape index (κ3) is 0.882. The van der Waals surface area contributed by atoms with Crippen LogP contribution in [0.1, 0.15) is 22.3 Å². The summed E-state index contributed by atoms with van der Waals surface area (Å²) in [6.07, 6.45) is 2.71. The maximum atomic E-state index is 11.7. The van der Waals surface area contributed by atoms with Crippen LogP contribution in [0.2, 0.25) is 0 Å². The minimum atomic E-state index is 0.282. The van der Waals surface area contributed by atoms with Gasteiger partial charge in [-0.3, -0.25) is 4.79 Å². The van der Waals surface area contributed by atoms with Crippen LogP contribution in [0.3, 0.4) is 0 Å². The molecular weight excluding hydrogens is 174 g/mol. The third-order valence-corrected chi connectivity index (χ3v) is 2.89. The Morgan fingerprint density at radius 2 is 2.21 bits per heavy atom. The molecule has 0 spiro atoms. The van der Waals surface area contributed by atoms with E-state index < -0.39 is 0 Å². The van der Waals surface area contributed by atoms with E-state index in [1.807, 2.05) is 13.0 Å². The Morgan fingerprint density at radius 3 is 3.07 bits per heavy atom. The minimum absolute atomic E-state index is 0.282. The summed E-state index contributed by atoms with van der Waals surface area (Å²) in [4.78, 5) is 11.7. The minimum Gasteiger partial charge on any atom is -0.346 e. The largest absolute Gasteiger partial charge is 0.346 e. The molecule has 2 heteroatoms. The summed E-state index contributed by atoms with van der Waals surface area (Å²) in [6.45, 7) is 2.87. The molecule has 1 aromatic carbocycles. The van der Waals surface area contributed by atoms with Crippen LogP contribution in [0.25, 0.3) is 10.9 Å². The maximum Gasteiger partial charge on any atom is 0.166 e. The van der Waals surface area contributed by atoms with E-state index in [1.165, 1.54) is 10.9 Å². The summed E-state index contributed by atoms with van der Waals surface area (Å²) in [5.74, 6) is 0.282. The third-order valence-electron chi connectivity index (χ3n) is 2.89. The molecule has 1 aromatic heterocycles.